The molecule has 0 aliphatic rings. The van der Waals surface area contributed by atoms with Crippen LogP contribution in [0.5, 0.6) is 0 Å². The lowest BCUT2D eigenvalue weighted by Gasteiger charge is -2.19. The molecule has 3 N–H and O–H groups in total. The zero-order chi connectivity index (χ0) is 16.6. The Morgan fingerprint density at radius 2 is 2.22 bits per heavy atom. The fourth-order valence-corrected chi connectivity index (χ4v) is 4.20. The third-order valence-corrected chi connectivity index (χ3v) is 5.89. The first-order chi connectivity index (χ1) is 10.9. The molecule has 23 heavy (non-hydrogen) atoms. The molecule has 3 rings (SSSR count). The molecule has 0 saturated carbocycles. The molecule has 0 fully saturated rings. The van der Waals surface area contributed by atoms with Gasteiger partial charge in [-0.15, -0.1) is 27.8 Å². The standard InChI is InChI=1S/C15H16F2N4S2/c1-8-12-13(23-14(8)15(16,17)9(2)18)11(7-20-21-12)19-6-10-4-3-5-22-10/h3-5,7,9H,6,18H2,1-2H3,(H,19,21). The first-order valence-corrected chi connectivity index (χ1v) is 8.75. The van der Waals surface area contributed by atoms with Crippen LogP contribution in [0, 0.1) is 6.92 Å². The minimum atomic E-state index is -3.08. The van der Waals surface area contributed by atoms with E-state index in [9.17, 15) is 8.78 Å². The van der Waals surface area contributed by atoms with E-state index in [2.05, 4.69) is 15.5 Å². The van der Waals surface area contributed by atoms with Gasteiger partial charge in [-0.05, 0) is 30.9 Å². The predicted molar refractivity (Wildman–Crippen MR) is 91.3 cm³/mol. The summed E-state index contributed by atoms with van der Waals surface area (Å²) in [7, 11) is 0. The smallest absolute Gasteiger partial charge is 0.297 e. The highest BCUT2D eigenvalue weighted by atomic mass is 32.1. The molecule has 0 amide bonds. The van der Waals surface area contributed by atoms with Gasteiger partial charge in [0.25, 0.3) is 5.92 Å². The number of nitrogens with one attached hydrogen (secondary N) is 1. The Hall–Kier alpha value is -1.64. The summed E-state index contributed by atoms with van der Waals surface area (Å²) in [5.74, 6) is -3.08. The molecule has 0 spiro atoms. The third kappa shape index (κ3) is 2.93. The molecule has 0 radical (unpaired) electrons. The summed E-state index contributed by atoms with van der Waals surface area (Å²) in [6.07, 6.45) is 1.57. The fourth-order valence-electron chi connectivity index (χ4n) is 2.26. The van der Waals surface area contributed by atoms with Crippen LogP contribution in [0.1, 0.15) is 22.2 Å². The van der Waals surface area contributed by atoms with Gasteiger partial charge in [-0.25, -0.2) is 0 Å². The summed E-state index contributed by atoms with van der Waals surface area (Å²) >= 11 is 2.66. The van der Waals surface area contributed by atoms with Crippen LogP contribution in [0.25, 0.3) is 10.2 Å². The first kappa shape index (κ1) is 16.2. The van der Waals surface area contributed by atoms with Gasteiger partial charge < -0.3 is 11.1 Å². The number of alkyl halides is 2. The van der Waals surface area contributed by atoms with Crippen LogP contribution >= 0.6 is 22.7 Å². The topological polar surface area (TPSA) is 63.8 Å². The average Bonchev–Trinajstić information content (AvgIpc) is 3.14. The normalized spacial score (nSPS) is 13.4. The van der Waals surface area contributed by atoms with Gasteiger partial charge in [0.15, 0.2) is 0 Å². The number of nitrogens with zero attached hydrogens (tertiary/aromatic N) is 2. The van der Waals surface area contributed by atoms with E-state index in [0.717, 1.165) is 16.2 Å². The molecule has 3 heterocycles. The summed E-state index contributed by atoms with van der Waals surface area (Å²) in [6.45, 7) is 3.57. The van der Waals surface area contributed by atoms with Gasteiger partial charge in [0, 0.05) is 11.4 Å². The van der Waals surface area contributed by atoms with Crippen molar-refractivity contribution in [1.29, 1.82) is 0 Å². The van der Waals surface area contributed by atoms with E-state index >= 15 is 0 Å². The number of thiophene rings is 2. The lowest BCUT2D eigenvalue weighted by molar-refractivity contribution is -0.0223. The van der Waals surface area contributed by atoms with E-state index in [1.807, 2.05) is 17.5 Å². The molecule has 0 bridgehead atoms. The zero-order valence-corrected chi connectivity index (χ0v) is 14.3. The van der Waals surface area contributed by atoms with Crippen molar-refractivity contribution in [2.24, 2.45) is 5.73 Å². The maximum Gasteiger partial charge on any atom is 0.297 e. The molecule has 3 aromatic heterocycles. The number of fused-ring (bicyclic) bond motifs is 1. The average molecular weight is 354 g/mol. The third-order valence-electron chi connectivity index (χ3n) is 3.61. The van der Waals surface area contributed by atoms with Gasteiger partial charge in [0.1, 0.15) is 5.52 Å². The van der Waals surface area contributed by atoms with Gasteiger partial charge in [-0.3, -0.25) is 0 Å². The number of anilines is 1. The predicted octanol–water partition coefficient (Wildman–Crippen LogP) is 4.11. The van der Waals surface area contributed by atoms with Crippen LogP contribution in [0.2, 0.25) is 0 Å². The molecular formula is C15H16F2N4S2. The van der Waals surface area contributed by atoms with Crippen LogP contribution in [-0.4, -0.2) is 16.2 Å². The van der Waals surface area contributed by atoms with E-state index < -0.39 is 12.0 Å². The van der Waals surface area contributed by atoms with Crippen LogP contribution < -0.4 is 11.1 Å². The first-order valence-electron chi connectivity index (χ1n) is 7.06. The van der Waals surface area contributed by atoms with Crippen LogP contribution in [-0.2, 0) is 12.5 Å². The number of aromatic nitrogens is 2. The quantitative estimate of drug-likeness (QED) is 0.724. The molecule has 0 aliphatic carbocycles. The molecule has 122 valence electrons. The molecule has 0 saturated heterocycles. The van der Waals surface area contributed by atoms with E-state index in [1.165, 1.54) is 6.92 Å². The SMILES string of the molecule is Cc1c(C(F)(F)C(C)N)sc2c(NCc3cccs3)cnnc12. The molecule has 1 atom stereocenters. The van der Waals surface area contributed by atoms with E-state index in [-0.39, 0.29) is 4.88 Å². The molecule has 1 unspecified atom stereocenters. The van der Waals surface area contributed by atoms with E-state index in [1.54, 1.807) is 24.5 Å². The molecular weight excluding hydrogens is 338 g/mol. The van der Waals surface area contributed by atoms with Crippen molar-refractivity contribution in [3.05, 3.63) is 39.0 Å². The minimum absolute atomic E-state index is 0.0397. The van der Waals surface area contributed by atoms with Crippen molar-refractivity contribution in [3.8, 4) is 0 Å². The number of nitrogens with two attached hydrogens (primary N) is 1. The van der Waals surface area contributed by atoms with Crippen LogP contribution in [0.15, 0.2) is 23.7 Å². The lowest BCUT2D eigenvalue weighted by Crippen LogP contribution is -2.35. The summed E-state index contributed by atoms with van der Waals surface area (Å²) in [4.78, 5) is 1.12. The van der Waals surface area contributed by atoms with Crippen molar-refractivity contribution in [2.75, 3.05) is 5.32 Å². The van der Waals surface area contributed by atoms with Gasteiger partial charge in [0.2, 0.25) is 0 Å². The lowest BCUT2D eigenvalue weighted by atomic mass is 10.1. The Labute approximate surface area is 140 Å². The van der Waals surface area contributed by atoms with Gasteiger partial charge in [0.05, 0.1) is 27.5 Å². The Balaban J connectivity index is 2.01. The number of rotatable bonds is 5. The van der Waals surface area contributed by atoms with E-state index in [4.69, 9.17) is 5.73 Å². The summed E-state index contributed by atoms with van der Waals surface area (Å²) in [6, 6.07) is 2.72. The van der Waals surface area contributed by atoms with Crippen LogP contribution in [0.4, 0.5) is 14.5 Å². The highest BCUT2D eigenvalue weighted by Crippen LogP contribution is 2.43. The summed E-state index contributed by atoms with van der Waals surface area (Å²) < 4.78 is 29.4. The second kappa shape index (κ2) is 6.10. The largest absolute Gasteiger partial charge is 0.378 e. The van der Waals surface area contributed by atoms with Crippen molar-refractivity contribution >= 4 is 38.6 Å². The maximum absolute atomic E-state index is 14.3. The Kier molecular flexibility index (Phi) is 4.31. The van der Waals surface area contributed by atoms with Gasteiger partial charge in [-0.2, -0.15) is 13.9 Å². The molecule has 0 aromatic carbocycles. The summed E-state index contributed by atoms with van der Waals surface area (Å²) in [5, 5.41) is 13.2. The monoisotopic (exact) mass is 354 g/mol. The molecule has 8 heteroatoms. The zero-order valence-electron chi connectivity index (χ0n) is 12.6. The Morgan fingerprint density at radius 3 is 2.87 bits per heavy atom. The Morgan fingerprint density at radius 1 is 1.43 bits per heavy atom. The number of aryl methyl sites for hydroxylation is 1. The van der Waals surface area contributed by atoms with Gasteiger partial charge >= 0.3 is 0 Å². The van der Waals surface area contributed by atoms with Crippen molar-refractivity contribution in [2.45, 2.75) is 32.4 Å². The molecule has 4 nitrogen and oxygen atoms in total. The van der Waals surface area contributed by atoms with E-state index in [0.29, 0.717) is 28.0 Å². The second-order valence-electron chi connectivity index (χ2n) is 5.34. The van der Waals surface area contributed by atoms with Gasteiger partial charge in [-0.1, -0.05) is 6.07 Å². The summed E-state index contributed by atoms with van der Waals surface area (Å²) in [5.41, 5.74) is 7.12. The maximum atomic E-state index is 14.3. The van der Waals surface area contributed by atoms with Crippen molar-refractivity contribution in [1.82, 2.24) is 10.2 Å². The highest BCUT2D eigenvalue weighted by Gasteiger charge is 2.40. The number of hydrogen-bond donors (Lipinski definition) is 2. The highest BCUT2D eigenvalue weighted by molar-refractivity contribution is 7.20. The fraction of sp³-hybridized carbons (Fsp3) is 0.333. The van der Waals surface area contributed by atoms with Crippen molar-refractivity contribution in [3.63, 3.8) is 0 Å². The number of halogens is 2. The molecule has 3 aromatic rings. The second-order valence-corrected chi connectivity index (χ2v) is 7.39. The molecule has 0 aliphatic heterocycles. The van der Waals surface area contributed by atoms with Crippen LogP contribution in [0.3, 0.4) is 0 Å². The Bertz CT molecular complexity index is 812. The van der Waals surface area contributed by atoms with Crippen molar-refractivity contribution < 1.29 is 8.78 Å². The minimum Gasteiger partial charge on any atom is -0.378 e. The number of hydrogen-bond acceptors (Lipinski definition) is 6.